The lowest BCUT2D eigenvalue weighted by Gasteiger charge is -2.11. The van der Waals surface area contributed by atoms with E-state index in [1.807, 2.05) is 48.5 Å². The zero-order chi connectivity index (χ0) is 21.9. The van der Waals surface area contributed by atoms with E-state index in [0.717, 1.165) is 24.0 Å². The third-order valence-corrected chi connectivity index (χ3v) is 4.64. The lowest BCUT2D eigenvalue weighted by molar-refractivity contribution is 0.285. The van der Waals surface area contributed by atoms with Crippen LogP contribution in [0.4, 0.5) is 5.95 Å². The van der Waals surface area contributed by atoms with Crippen LogP contribution in [0.15, 0.2) is 64.5 Å². The van der Waals surface area contributed by atoms with Crippen LogP contribution in [0.5, 0.6) is 11.5 Å². The summed E-state index contributed by atoms with van der Waals surface area (Å²) in [5, 5.41) is 4.18. The molecular weight excluding hydrogens is 392 g/mol. The summed E-state index contributed by atoms with van der Waals surface area (Å²) in [6.45, 7) is 2.86. The number of methoxy groups -OCH3 is 1. The Bertz CT molecular complexity index is 1050. The van der Waals surface area contributed by atoms with Crippen molar-refractivity contribution in [2.45, 2.75) is 32.6 Å². The SMILES string of the molecule is CCCCCCOc1ccc(/C=N\Nc2nc(-c3ccccc3)cc(=O)[nH]2)cc1OC. The number of hydrogen-bond donors (Lipinski definition) is 2. The first kappa shape index (κ1) is 22.1. The summed E-state index contributed by atoms with van der Waals surface area (Å²) in [6, 6.07) is 16.6. The molecule has 0 atom stereocenters. The van der Waals surface area contributed by atoms with Crippen molar-refractivity contribution in [1.82, 2.24) is 9.97 Å². The Morgan fingerprint density at radius 2 is 1.90 bits per heavy atom. The van der Waals surface area contributed by atoms with Gasteiger partial charge in [-0.15, -0.1) is 0 Å². The van der Waals surface area contributed by atoms with Gasteiger partial charge in [0.2, 0.25) is 5.95 Å². The molecule has 162 valence electrons. The van der Waals surface area contributed by atoms with Gasteiger partial charge in [-0.2, -0.15) is 5.10 Å². The number of unbranched alkanes of at least 4 members (excludes halogenated alkanes) is 3. The highest BCUT2D eigenvalue weighted by Crippen LogP contribution is 2.28. The molecule has 0 unspecified atom stereocenters. The van der Waals surface area contributed by atoms with Crippen molar-refractivity contribution in [2.24, 2.45) is 5.10 Å². The minimum Gasteiger partial charge on any atom is -0.493 e. The molecule has 3 aromatic rings. The number of anilines is 1. The Balaban J connectivity index is 1.64. The van der Waals surface area contributed by atoms with Crippen LogP contribution in [0.3, 0.4) is 0 Å². The van der Waals surface area contributed by atoms with Crippen LogP contribution >= 0.6 is 0 Å². The van der Waals surface area contributed by atoms with Crippen LogP contribution in [0.25, 0.3) is 11.3 Å². The molecule has 7 heteroatoms. The molecule has 1 aromatic heterocycles. The van der Waals surface area contributed by atoms with Gasteiger partial charge in [0, 0.05) is 11.6 Å². The monoisotopic (exact) mass is 420 g/mol. The van der Waals surface area contributed by atoms with Gasteiger partial charge in [0.15, 0.2) is 11.5 Å². The fourth-order valence-corrected chi connectivity index (χ4v) is 3.03. The van der Waals surface area contributed by atoms with Crippen LogP contribution in [0.2, 0.25) is 0 Å². The van der Waals surface area contributed by atoms with Crippen LogP contribution in [0, 0.1) is 0 Å². The second-order valence-corrected chi connectivity index (χ2v) is 7.03. The predicted octanol–water partition coefficient (Wildman–Crippen LogP) is 4.85. The summed E-state index contributed by atoms with van der Waals surface area (Å²) in [5.41, 5.74) is 4.78. The van der Waals surface area contributed by atoms with Gasteiger partial charge in [0.25, 0.3) is 5.56 Å². The maximum absolute atomic E-state index is 12.0. The number of benzene rings is 2. The molecule has 0 bridgehead atoms. The van der Waals surface area contributed by atoms with Crippen molar-refractivity contribution >= 4 is 12.2 Å². The molecule has 2 N–H and O–H groups in total. The number of rotatable bonds is 11. The number of nitrogens with zero attached hydrogens (tertiary/aromatic N) is 2. The first-order chi connectivity index (χ1) is 15.2. The van der Waals surface area contributed by atoms with Crippen molar-refractivity contribution in [3.8, 4) is 22.8 Å². The Labute approximate surface area is 182 Å². The maximum Gasteiger partial charge on any atom is 0.252 e. The quantitative estimate of drug-likeness (QED) is 0.263. The Hall–Kier alpha value is -3.61. The van der Waals surface area contributed by atoms with Crippen LogP contribution in [0.1, 0.15) is 38.2 Å². The fraction of sp³-hybridized carbons (Fsp3) is 0.292. The van der Waals surface area contributed by atoms with E-state index in [4.69, 9.17) is 9.47 Å². The minimum absolute atomic E-state index is 0.256. The number of aromatic nitrogens is 2. The number of H-pyrrole nitrogens is 1. The average molecular weight is 421 g/mol. The largest absolute Gasteiger partial charge is 0.493 e. The molecule has 0 radical (unpaired) electrons. The standard InChI is InChI=1S/C24H28N4O3/c1-3-4-5-9-14-31-21-13-12-18(15-22(21)30-2)17-25-28-24-26-20(16-23(29)27-24)19-10-7-6-8-11-19/h6-8,10-13,15-17H,3-5,9,14H2,1-2H3,(H2,26,27,28,29)/b25-17-. The van der Waals surface area contributed by atoms with Crippen LogP contribution in [-0.2, 0) is 0 Å². The second kappa shape index (κ2) is 11.5. The number of hydrogen-bond acceptors (Lipinski definition) is 6. The summed E-state index contributed by atoms with van der Waals surface area (Å²) in [6.07, 6.45) is 6.24. The molecule has 0 aliphatic rings. The zero-order valence-electron chi connectivity index (χ0n) is 17.9. The van der Waals surface area contributed by atoms with Gasteiger partial charge in [-0.25, -0.2) is 10.4 Å². The smallest absolute Gasteiger partial charge is 0.252 e. The van der Waals surface area contributed by atoms with Gasteiger partial charge in [0.1, 0.15) is 0 Å². The summed E-state index contributed by atoms with van der Waals surface area (Å²) in [7, 11) is 1.61. The van der Waals surface area contributed by atoms with Crippen LogP contribution in [-0.4, -0.2) is 29.9 Å². The first-order valence-corrected chi connectivity index (χ1v) is 10.5. The third-order valence-electron chi connectivity index (χ3n) is 4.64. The molecular formula is C24H28N4O3. The van der Waals surface area contributed by atoms with Crippen molar-refractivity contribution < 1.29 is 9.47 Å². The molecule has 0 fully saturated rings. The minimum atomic E-state index is -0.256. The van der Waals surface area contributed by atoms with Crippen molar-refractivity contribution in [2.75, 3.05) is 19.1 Å². The Morgan fingerprint density at radius 1 is 1.06 bits per heavy atom. The number of aromatic amines is 1. The molecule has 31 heavy (non-hydrogen) atoms. The lowest BCUT2D eigenvalue weighted by Crippen LogP contribution is -2.10. The normalized spacial score (nSPS) is 10.9. The number of hydrazone groups is 1. The molecule has 3 rings (SSSR count). The summed E-state index contributed by atoms with van der Waals surface area (Å²) in [5.74, 6) is 1.63. The Morgan fingerprint density at radius 3 is 2.68 bits per heavy atom. The van der Waals surface area contributed by atoms with Gasteiger partial charge in [0.05, 0.1) is 25.6 Å². The summed E-state index contributed by atoms with van der Waals surface area (Å²) < 4.78 is 11.3. The highest BCUT2D eigenvalue weighted by molar-refractivity contribution is 5.81. The van der Waals surface area contributed by atoms with E-state index in [1.54, 1.807) is 13.3 Å². The summed E-state index contributed by atoms with van der Waals surface area (Å²) >= 11 is 0. The number of ether oxygens (including phenoxy) is 2. The van der Waals surface area contributed by atoms with Gasteiger partial charge in [-0.1, -0.05) is 56.5 Å². The topological polar surface area (TPSA) is 88.6 Å². The van der Waals surface area contributed by atoms with E-state index in [-0.39, 0.29) is 11.5 Å². The van der Waals surface area contributed by atoms with Gasteiger partial charge >= 0.3 is 0 Å². The number of nitrogens with one attached hydrogen (secondary N) is 2. The molecule has 7 nitrogen and oxygen atoms in total. The van der Waals surface area contributed by atoms with Crippen molar-refractivity contribution in [3.05, 3.63) is 70.5 Å². The van der Waals surface area contributed by atoms with E-state index in [9.17, 15) is 4.79 Å². The molecule has 0 spiro atoms. The maximum atomic E-state index is 12.0. The van der Waals surface area contributed by atoms with Gasteiger partial charge < -0.3 is 9.47 Å². The van der Waals surface area contributed by atoms with E-state index < -0.39 is 0 Å². The van der Waals surface area contributed by atoms with Gasteiger partial charge in [-0.05, 0) is 30.2 Å². The molecule has 0 amide bonds. The molecule has 2 aromatic carbocycles. The predicted molar refractivity (Wildman–Crippen MR) is 124 cm³/mol. The lowest BCUT2D eigenvalue weighted by atomic mass is 10.1. The summed E-state index contributed by atoms with van der Waals surface area (Å²) in [4.78, 5) is 19.0. The van der Waals surface area contributed by atoms with Crippen molar-refractivity contribution in [1.29, 1.82) is 0 Å². The zero-order valence-corrected chi connectivity index (χ0v) is 17.9. The highest BCUT2D eigenvalue weighted by atomic mass is 16.5. The first-order valence-electron chi connectivity index (χ1n) is 10.5. The third kappa shape index (κ3) is 6.70. The Kier molecular flexibility index (Phi) is 8.22. The molecule has 0 saturated heterocycles. The van der Waals surface area contributed by atoms with Crippen molar-refractivity contribution in [3.63, 3.8) is 0 Å². The highest BCUT2D eigenvalue weighted by Gasteiger charge is 2.06. The van der Waals surface area contributed by atoms with Gasteiger partial charge in [-0.3, -0.25) is 9.78 Å². The molecule has 0 aliphatic heterocycles. The molecule has 0 aliphatic carbocycles. The second-order valence-electron chi connectivity index (χ2n) is 7.03. The van der Waals surface area contributed by atoms with E-state index in [2.05, 4.69) is 27.4 Å². The van der Waals surface area contributed by atoms with Crippen LogP contribution < -0.4 is 20.5 Å². The molecule has 0 saturated carbocycles. The fourth-order valence-electron chi connectivity index (χ4n) is 3.03. The van der Waals surface area contributed by atoms with E-state index in [0.29, 0.717) is 23.8 Å². The van der Waals surface area contributed by atoms with E-state index >= 15 is 0 Å². The van der Waals surface area contributed by atoms with E-state index in [1.165, 1.54) is 18.9 Å². The molecule has 1 heterocycles. The average Bonchev–Trinajstić information content (AvgIpc) is 2.79.